The molecule has 2 aromatic rings. The van der Waals surface area contributed by atoms with Crippen LogP contribution in [0.25, 0.3) is 0 Å². The average molecular weight is 545 g/mol. The third kappa shape index (κ3) is 8.52. The molecule has 0 bridgehead atoms. The van der Waals surface area contributed by atoms with Crippen LogP contribution in [0, 0.1) is 0 Å². The number of carbonyl (C=O) groups excluding carboxylic acids is 2. The smallest absolute Gasteiger partial charge is 0.321 e. The molecular weight excluding hydrogens is 512 g/mol. The third-order valence-electron chi connectivity index (χ3n) is 5.44. The molecular formula is C24H33BrN8O2. The van der Waals surface area contributed by atoms with Gasteiger partial charge in [-0.15, -0.1) is 0 Å². The zero-order valence-electron chi connectivity index (χ0n) is 19.8. The van der Waals surface area contributed by atoms with Crippen LogP contribution in [-0.4, -0.2) is 59.5 Å². The van der Waals surface area contributed by atoms with Gasteiger partial charge in [0.1, 0.15) is 5.82 Å². The Balaban J connectivity index is 1.48. The number of carbonyl (C=O) groups is 2. The second-order valence-electron chi connectivity index (χ2n) is 8.25. The molecule has 10 nitrogen and oxygen atoms in total. The number of nitrogens with zero attached hydrogens (tertiary/aromatic N) is 3. The van der Waals surface area contributed by atoms with Crippen LogP contribution in [0.4, 0.5) is 27.9 Å². The highest BCUT2D eigenvalue weighted by Crippen LogP contribution is 2.23. The summed E-state index contributed by atoms with van der Waals surface area (Å²) >= 11 is 3.46. The van der Waals surface area contributed by atoms with Crippen molar-refractivity contribution in [1.82, 2.24) is 20.2 Å². The van der Waals surface area contributed by atoms with Gasteiger partial charge in [0.15, 0.2) is 0 Å². The van der Waals surface area contributed by atoms with Crippen LogP contribution in [0.3, 0.4) is 0 Å². The van der Waals surface area contributed by atoms with Gasteiger partial charge >= 0.3 is 6.03 Å². The van der Waals surface area contributed by atoms with Gasteiger partial charge in [0.05, 0.1) is 4.47 Å². The molecule has 0 radical (unpaired) electrons. The molecule has 6 N–H and O–H groups in total. The van der Waals surface area contributed by atoms with Gasteiger partial charge in [0.2, 0.25) is 11.9 Å². The molecule has 3 rings (SSSR count). The van der Waals surface area contributed by atoms with Crippen LogP contribution in [0.1, 0.15) is 32.1 Å². The minimum Gasteiger partial charge on any atom is -0.369 e. The number of halogens is 1. The fourth-order valence-electron chi connectivity index (χ4n) is 3.53. The van der Waals surface area contributed by atoms with E-state index in [1.54, 1.807) is 6.20 Å². The maximum Gasteiger partial charge on any atom is 0.321 e. The molecule has 3 amide bonds. The number of nitrogens with one attached hydrogen (secondary N) is 4. The van der Waals surface area contributed by atoms with Crippen LogP contribution < -0.4 is 27.0 Å². The number of hydrogen-bond donors (Lipinski definition) is 5. The first kappa shape index (κ1) is 26.4. The number of anilines is 4. The van der Waals surface area contributed by atoms with Crippen molar-refractivity contribution in [2.45, 2.75) is 32.1 Å². The average Bonchev–Trinajstić information content (AvgIpc) is 3.39. The monoisotopic (exact) mass is 544 g/mol. The first-order valence-electron chi connectivity index (χ1n) is 11.8. The van der Waals surface area contributed by atoms with Crippen molar-refractivity contribution in [1.29, 1.82) is 0 Å². The van der Waals surface area contributed by atoms with E-state index in [2.05, 4.69) is 53.7 Å². The molecule has 0 atom stereocenters. The van der Waals surface area contributed by atoms with E-state index >= 15 is 0 Å². The van der Waals surface area contributed by atoms with Crippen molar-refractivity contribution >= 4 is 51.0 Å². The van der Waals surface area contributed by atoms with Crippen molar-refractivity contribution in [3.63, 3.8) is 0 Å². The molecule has 0 saturated carbocycles. The van der Waals surface area contributed by atoms with Gasteiger partial charge in [-0.1, -0.05) is 12.6 Å². The van der Waals surface area contributed by atoms with E-state index in [1.165, 1.54) is 0 Å². The van der Waals surface area contributed by atoms with Crippen molar-refractivity contribution in [3.05, 3.63) is 47.1 Å². The second kappa shape index (κ2) is 13.6. The lowest BCUT2D eigenvalue weighted by molar-refractivity contribution is -0.117. The highest BCUT2D eigenvalue weighted by Gasteiger charge is 2.17. The van der Waals surface area contributed by atoms with Crippen LogP contribution in [0.5, 0.6) is 0 Å². The summed E-state index contributed by atoms with van der Waals surface area (Å²) < 4.78 is 0.730. The minimum atomic E-state index is -0.132. The molecule has 188 valence electrons. The summed E-state index contributed by atoms with van der Waals surface area (Å²) in [6.45, 7) is 7.07. The number of hydrogen-bond acceptors (Lipinski definition) is 7. The van der Waals surface area contributed by atoms with Crippen LogP contribution >= 0.6 is 15.9 Å². The summed E-state index contributed by atoms with van der Waals surface area (Å²) in [5, 5.41) is 12.2. The normalized spacial score (nSPS) is 12.8. The van der Waals surface area contributed by atoms with Gasteiger partial charge in [0.25, 0.3) is 0 Å². The molecule has 0 spiro atoms. The summed E-state index contributed by atoms with van der Waals surface area (Å²) in [7, 11) is 0. The highest BCUT2D eigenvalue weighted by molar-refractivity contribution is 9.10. The van der Waals surface area contributed by atoms with Gasteiger partial charge in [-0.2, -0.15) is 4.98 Å². The lowest BCUT2D eigenvalue weighted by Gasteiger charge is -2.16. The molecule has 1 aromatic heterocycles. The lowest BCUT2D eigenvalue weighted by atomic mass is 10.1. The molecule has 1 fully saturated rings. The van der Waals surface area contributed by atoms with Gasteiger partial charge in [-0.05, 0) is 72.8 Å². The van der Waals surface area contributed by atoms with E-state index in [-0.39, 0.29) is 11.9 Å². The summed E-state index contributed by atoms with van der Waals surface area (Å²) in [5.41, 5.74) is 7.48. The van der Waals surface area contributed by atoms with E-state index in [1.807, 2.05) is 29.2 Å². The molecule has 0 unspecified atom stereocenters. The zero-order valence-corrected chi connectivity index (χ0v) is 21.4. The number of amides is 3. The molecule has 11 heteroatoms. The number of benzene rings is 1. The number of aromatic nitrogens is 2. The lowest BCUT2D eigenvalue weighted by Crippen LogP contribution is -2.32. The fourth-order valence-corrected chi connectivity index (χ4v) is 3.86. The maximum atomic E-state index is 12.4. The molecule has 0 aliphatic carbocycles. The number of likely N-dealkylation sites (tertiary alicyclic amines) is 1. The van der Waals surface area contributed by atoms with E-state index in [9.17, 15) is 9.59 Å². The Labute approximate surface area is 214 Å². The molecule has 1 aliphatic heterocycles. The summed E-state index contributed by atoms with van der Waals surface area (Å²) in [6, 6.07) is 7.35. The van der Waals surface area contributed by atoms with Crippen LogP contribution in [-0.2, 0) is 4.79 Å². The number of nitrogens with two attached hydrogens (primary N) is 1. The Kier molecular flexibility index (Phi) is 10.3. The predicted molar refractivity (Wildman–Crippen MR) is 143 cm³/mol. The first-order chi connectivity index (χ1) is 17.0. The SMILES string of the molecule is C=C(CCCN)C(=O)NCCCNc1nc(Nc2cccc(NC(=O)N3CCCC3)c2)ncc1Br. The van der Waals surface area contributed by atoms with E-state index in [4.69, 9.17) is 5.73 Å². The summed E-state index contributed by atoms with van der Waals surface area (Å²) in [4.78, 5) is 35.0. The summed E-state index contributed by atoms with van der Waals surface area (Å²) in [6.07, 6.45) is 5.84. The largest absolute Gasteiger partial charge is 0.369 e. The van der Waals surface area contributed by atoms with E-state index in [0.29, 0.717) is 55.5 Å². The number of rotatable bonds is 12. The van der Waals surface area contributed by atoms with E-state index < -0.39 is 0 Å². The fraction of sp³-hybridized carbons (Fsp3) is 0.417. The van der Waals surface area contributed by atoms with Gasteiger partial charge in [-0.25, -0.2) is 9.78 Å². The Morgan fingerprint density at radius 2 is 1.91 bits per heavy atom. The van der Waals surface area contributed by atoms with Crippen LogP contribution in [0.2, 0.25) is 0 Å². The first-order valence-corrected chi connectivity index (χ1v) is 12.6. The van der Waals surface area contributed by atoms with E-state index in [0.717, 1.165) is 42.5 Å². The minimum absolute atomic E-state index is 0.0814. The van der Waals surface area contributed by atoms with Gasteiger partial charge in [0, 0.05) is 49.3 Å². The molecule has 35 heavy (non-hydrogen) atoms. The maximum absolute atomic E-state index is 12.4. The van der Waals surface area contributed by atoms with Crippen molar-refractivity contribution in [3.8, 4) is 0 Å². The predicted octanol–water partition coefficient (Wildman–Crippen LogP) is 3.82. The molecule has 1 aliphatic rings. The highest BCUT2D eigenvalue weighted by atomic mass is 79.9. The molecule has 1 saturated heterocycles. The summed E-state index contributed by atoms with van der Waals surface area (Å²) in [5.74, 6) is 0.926. The number of urea groups is 1. The molecule has 2 heterocycles. The van der Waals surface area contributed by atoms with Crippen molar-refractivity contribution in [2.75, 3.05) is 48.7 Å². The molecule has 1 aromatic carbocycles. The quantitative estimate of drug-likeness (QED) is 0.202. The standard InChI is InChI=1S/C24H33BrN8O2/c1-17(7-5-10-26)22(34)28-12-6-11-27-21-20(25)16-29-23(32-21)30-18-8-4-9-19(15-18)31-24(35)33-13-2-3-14-33/h4,8-9,15-16H,1-3,5-7,10-14,26H2,(H,28,34)(H,31,35)(H2,27,29,30,32). The topological polar surface area (TPSA) is 137 Å². The van der Waals surface area contributed by atoms with Crippen molar-refractivity contribution < 1.29 is 9.59 Å². The Morgan fingerprint density at radius 3 is 2.69 bits per heavy atom. The van der Waals surface area contributed by atoms with Gasteiger partial charge < -0.3 is 31.9 Å². The zero-order chi connectivity index (χ0) is 25.0. The Hall–Kier alpha value is -3.18. The third-order valence-corrected chi connectivity index (χ3v) is 6.02. The Bertz CT molecular complexity index is 1030. The van der Waals surface area contributed by atoms with Crippen LogP contribution in [0.15, 0.2) is 47.1 Å². The second-order valence-corrected chi connectivity index (χ2v) is 9.11. The Morgan fingerprint density at radius 1 is 1.14 bits per heavy atom. The van der Waals surface area contributed by atoms with Gasteiger partial charge in [-0.3, -0.25) is 4.79 Å². The van der Waals surface area contributed by atoms with Crippen molar-refractivity contribution in [2.24, 2.45) is 5.73 Å².